The standard InChI is InChI=1S/C29H30FN3O5/c1-3-29(37)21-7-24-25-19(12-33(24)27(35)20(21)13-38-28(29)36)18(17-6-14(2)22(30)8-23(17)31-25)11-32-9-15-4-5-16(10-32)26(15)34/h6-8,15-16,26,34,37H,3-5,9-13H2,1-2H3/t15-,16+,26?,29-/m0/s1. The van der Waals surface area contributed by atoms with Crippen molar-refractivity contribution in [1.82, 2.24) is 14.5 Å². The fraction of sp³-hybridized carbons (Fsp3) is 0.483. The number of hydrogen-bond acceptors (Lipinski definition) is 7. The van der Waals surface area contributed by atoms with E-state index in [-0.39, 0.29) is 53.5 Å². The van der Waals surface area contributed by atoms with Crippen LogP contribution >= 0.6 is 0 Å². The number of fused-ring (bicyclic) bond motifs is 7. The quantitative estimate of drug-likeness (QED) is 0.401. The van der Waals surface area contributed by atoms with Gasteiger partial charge in [0.25, 0.3) is 5.56 Å². The highest BCUT2D eigenvalue weighted by molar-refractivity contribution is 5.89. The minimum Gasteiger partial charge on any atom is -0.458 e. The summed E-state index contributed by atoms with van der Waals surface area (Å²) in [4.78, 5) is 33.4. The van der Waals surface area contributed by atoms with Crippen molar-refractivity contribution in [2.75, 3.05) is 13.1 Å². The predicted molar refractivity (Wildman–Crippen MR) is 137 cm³/mol. The van der Waals surface area contributed by atoms with E-state index in [1.165, 1.54) is 6.07 Å². The van der Waals surface area contributed by atoms with E-state index in [2.05, 4.69) is 4.90 Å². The van der Waals surface area contributed by atoms with Gasteiger partial charge in [-0.05, 0) is 61.3 Å². The number of hydrogen-bond donors (Lipinski definition) is 2. The van der Waals surface area contributed by atoms with Gasteiger partial charge in [0.05, 0.1) is 35.1 Å². The number of cyclic esters (lactones) is 1. The summed E-state index contributed by atoms with van der Waals surface area (Å²) >= 11 is 0. The van der Waals surface area contributed by atoms with Gasteiger partial charge in [0, 0.05) is 42.2 Å². The van der Waals surface area contributed by atoms with Crippen LogP contribution in [0.25, 0.3) is 22.3 Å². The van der Waals surface area contributed by atoms with Crippen LogP contribution in [0.5, 0.6) is 0 Å². The largest absolute Gasteiger partial charge is 0.458 e. The molecule has 8 nitrogen and oxygen atoms in total. The van der Waals surface area contributed by atoms with Gasteiger partial charge in [0.2, 0.25) is 0 Å². The van der Waals surface area contributed by atoms with Crippen molar-refractivity contribution in [3.8, 4) is 11.4 Å². The number of carbonyl (C=O) groups excluding carboxylic acids is 1. The highest BCUT2D eigenvalue weighted by Gasteiger charge is 2.46. The molecule has 3 aromatic rings. The van der Waals surface area contributed by atoms with Gasteiger partial charge in [-0.25, -0.2) is 14.2 Å². The molecule has 1 aromatic carbocycles. The lowest BCUT2D eigenvalue weighted by atomic mass is 9.86. The van der Waals surface area contributed by atoms with E-state index < -0.39 is 11.6 Å². The number of likely N-dealkylation sites (tertiary alicyclic amines) is 1. The second-order valence-electron chi connectivity index (χ2n) is 11.4. The smallest absolute Gasteiger partial charge is 0.343 e. The number of aliphatic hydroxyl groups excluding tert-OH is 1. The van der Waals surface area contributed by atoms with Crippen LogP contribution in [0.4, 0.5) is 4.39 Å². The minimum absolute atomic E-state index is 0.0681. The summed E-state index contributed by atoms with van der Waals surface area (Å²) in [5.41, 5.74) is 2.36. The predicted octanol–water partition coefficient (Wildman–Crippen LogP) is 2.73. The van der Waals surface area contributed by atoms with E-state index in [1.807, 2.05) is 6.07 Å². The van der Waals surface area contributed by atoms with Crippen molar-refractivity contribution >= 4 is 16.9 Å². The number of halogens is 1. The monoisotopic (exact) mass is 519 g/mol. The Morgan fingerprint density at radius 3 is 2.61 bits per heavy atom. The molecule has 2 bridgehead atoms. The first-order valence-electron chi connectivity index (χ1n) is 13.4. The maximum atomic E-state index is 14.7. The van der Waals surface area contributed by atoms with Gasteiger partial charge in [-0.2, -0.15) is 0 Å². The van der Waals surface area contributed by atoms with E-state index in [0.29, 0.717) is 35.6 Å². The second kappa shape index (κ2) is 8.18. The third kappa shape index (κ3) is 3.21. The van der Waals surface area contributed by atoms with E-state index >= 15 is 0 Å². The molecule has 9 heteroatoms. The van der Waals surface area contributed by atoms with E-state index in [9.17, 15) is 24.2 Å². The molecule has 1 saturated carbocycles. The van der Waals surface area contributed by atoms with Gasteiger partial charge in [-0.1, -0.05) is 6.92 Å². The Morgan fingerprint density at radius 1 is 1.16 bits per heavy atom. The summed E-state index contributed by atoms with van der Waals surface area (Å²) in [7, 11) is 0. The second-order valence-corrected chi connectivity index (χ2v) is 11.4. The minimum atomic E-state index is -1.90. The average Bonchev–Trinajstić information content (AvgIpc) is 3.34. The van der Waals surface area contributed by atoms with Gasteiger partial charge < -0.3 is 19.5 Å². The molecule has 198 valence electrons. The average molecular weight is 520 g/mol. The summed E-state index contributed by atoms with van der Waals surface area (Å²) in [5, 5.41) is 22.6. The van der Waals surface area contributed by atoms with Gasteiger partial charge in [-0.3, -0.25) is 9.69 Å². The zero-order valence-corrected chi connectivity index (χ0v) is 21.5. The number of benzene rings is 1. The number of ether oxygens (including phenoxy) is 1. The van der Waals surface area contributed by atoms with Gasteiger partial charge >= 0.3 is 5.97 Å². The normalized spacial score (nSPS) is 27.8. The molecule has 2 fully saturated rings. The van der Waals surface area contributed by atoms with Crippen LogP contribution in [-0.4, -0.2) is 49.8 Å². The fourth-order valence-corrected chi connectivity index (χ4v) is 7.12. The number of esters is 1. The number of aromatic nitrogens is 2. The summed E-state index contributed by atoms with van der Waals surface area (Å²) in [5.74, 6) is -0.601. The first-order chi connectivity index (χ1) is 18.2. The van der Waals surface area contributed by atoms with Crippen molar-refractivity contribution in [2.24, 2.45) is 11.8 Å². The van der Waals surface area contributed by atoms with Crippen LogP contribution in [-0.2, 0) is 34.8 Å². The van der Waals surface area contributed by atoms with Crippen LogP contribution in [0.3, 0.4) is 0 Å². The molecule has 1 saturated heterocycles. The zero-order chi connectivity index (χ0) is 26.5. The molecule has 0 spiro atoms. The van der Waals surface area contributed by atoms with Gasteiger partial charge in [0.1, 0.15) is 12.4 Å². The van der Waals surface area contributed by atoms with E-state index in [0.717, 1.165) is 42.4 Å². The number of aryl methyl sites for hydroxylation is 1. The fourth-order valence-electron chi connectivity index (χ4n) is 7.12. The van der Waals surface area contributed by atoms with E-state index in [4.69, 9.17) is 9.72 Å². The molecule has 3 aliphatic heterocycles. The van der Waals surface area contributed by atoms with Crippen molar-refractivity contribution in [1.29, 1.82) is 0 Å². The molecule has 1 unspecified atom stereocenters. The molecule has 0 amide bonds. The third-order valence-corrected chi connectivity index (χ3v) is 9.33. The molecule has 5 heterocycles. The molecule has 4 atom stereocenters. The lowest BCUT2D eigenvalue weighted by molar-refractivity contribution is -0.172. The third-order valence-electron chi connectivity index (χ3n) is 9.33. The number of rotatable bonds is 3. The molecular formula is C29H30FN3O5. The zero-order valence-electron chi connectivity index (χ0n) is 21.5. The molecular weight excluding hydrogens is 489 g/mol. The van der Waals surface area contributed by atoms with Crippen molar-refractivity contribution in [2.45, 2.75) is 64.5 Å². The molecule has 1 aliphatic carbocycles. The molecule has 7 rings (SSSR count). The van der Waals surface area contributed by atoms with Crippen molar-refractivity contribution < 1.29 is 24.1 Å². The summed E-state index contributed by atoms with van der Waals surface area (Å²) < 4.78 is 21.5. The van der Waals surface area contributed by atoms with Crippen LogP contribution in [0.15, 0.2) is 23.0 Å². The highest BCUT2D eigenvalue weighted by atomic mass is 19.1. The molecule has 0 radical (unpaired) electrons. The highest BCUT2D eigenvalue weighted by Crippen LogP contribution is 2.42. The Morgan fingerprint density at radius 2 is 1.89 bits per heavy atom. The first kappa shape index (κ1) is 23.9. The summed E-state index contributed by atoms with van der Waals surface area (Å²) in [6.07, 6.45) is 1.86. The lowest BCUT2D eigenvalue weighted by Gasteiger charge is -2.36. The molecule has 2 aromatic heterocycles. The maximum absolute atomic E-state index is 14.7. The first-order valence-corrected chi connectivity index (χ1v) is 13.4. The maximum Gasteiger partial charge on any atom is 0.343 e. The summed E-state index contributed by atoms with van der Waals surface area (Å²) in [6, 6.07) is 4.97. The SMILES string of the molecule is CC[C@@]1(O)C(=O)OCc2c1cc1n(c2=O)Cc2c-1nc1cc(F)c(C)cc1c2CN1C[C@H]2CC[C@@H](C1)C2O. The Bertz CT molecular complexity index is 1590. The molecule has 38 heavy (non-hydrogen) atoms. The van der Waals surface area contributed by atoms with E-state index in [1.54, 1.807) is 24.5 Å². The lowest BCUT2D eigenvalue weighted by Crippen LogP contribution is -2.44. The van der Waals surface area contributed by atoms with Crippen LogP contribution in [0.1, 0.15) is 54.0 Å². The van der Waals surface area contributed by atoms with Crippen LogP contribution in [0.2, 0.25) is 0 Å². The molecule has 2 N–H and O–H groups in total. The number of aliphatic hydroxyl groups is 2. The van der Waals surface area contributed by atoms with Crippen LogP contribution in [0, 0.1) is 24.6 Å². The molecule has 4 aliphatic rings. The van der Waals surface area contributed by atoms with Gasteiger partial charge in [0.15, 0.2) is 5.60 Å². The van der Waals surface area contributed by atoms with Gasteiger partial charge in [-0.15, -0.1) is 0 Å². The number of carbonyl (C=O) groups is 1. The van der Waals surface area contributed by atoms with Crippen molar-refractivity contribution in [3.63, 3.8) is 0 Å². The number of piperidine rings is 1. The Labute approximate surface area is 218 Å². The number of nitrogens with zero attached hydrogens (tertiary/aromatic N) is 3. The summed E-state index contributed by atoms with van der Waals surface area (Å²) in [6.45, 7) is 5.72. The Kier molecular flexibility index (Phi) is 5.15. The van der Waals surface area contributed by atoms with Crippen molar-refractivity contribution in [3.05, 3.63) is 62.2 Å². The Balaban J connectivity index is 1.42. The Hall–Kier alpha value is -3.14. The topological polar surface area (TPSA) is 105 Å². The van der Waals surface area contributed by atoms with Crippen LogP contribution < -0.4 is 5.56 Å². The number of pyridine rings is 2.